The molecule has 4 nitrogen and oxygen atoms in total. The normalized spacial score (nSPS) is 11.1. The van der Waals surface area contributed by atoms with Gasteiger partial charge in [0.05, 0.1) is 0 Å². The average molecular weight is 276 g/mol. The Kier molecular flexibility index (Phi) is 11.1. The molecule has 4 N–H and O–H groups in total. The van der Waals surface area contributed by atoms with Gasteiger partial charge in [0.2, 0.25) is 0 Å². The molecule has 0 aliphatic rings. The summed E-state index contributed by atoms with van der Waals surface area (Å²) in [7, 11) is 0. The van der Waals surface area contributed by atoms with Gasteiger partial charge in [-0.3, -0.25) is 0 Å². The van der Waals surface area contributed by atoms with E-state index in [1.807, 2.05) is 52.1 Å². The third kappa shape index (κ3) is 9.16. The lowest BCUT2D eigenvalue weighted by Gasteiger charge is -2.05. The number of nitrogens with two attached hydrogens (primary N) is 1. The van der Waals surface area contributed by atoms with Crippen LogP contribution in [-0.4, -0.2) is 24.6 Å². The fourth-order valence-electron chi connectivity index (χ4n) is 1.34. The van der Waals surface area contributed by atoms with Gasteiger partial charge in [0, 0.05) is 25.8 Å². The molecule has 112 valence electrons. The highest BCUT2D eigenvalue weighted by Gasteiger charge is 1.91. The van der Waals surface area contributed by atoms with Crippen molar-refractivity contribution in [1.82, 2.24) is 10.3 Å². The Morgan fingerprint density at radius 1 is 1.30 bits per heavy atom. The van der Waals surface area contributed by atoms with Crippen LogP contribution in [0.3, 0.4) is 0 Å². The Hall–Kier alpha value is -1.81. The smallest absolute Gasteiger partial charge is 0.125 e. The van der Waals surface area contributed by atoms with Gasteiger partial charge in [-0.2, -0.15) is 0 Å². The molecule has 0 radical (unpaired) electrons. The van der Waals surface area contributed by atoms with Crippen LogP contribution in [0.25, 0.3) is 0 Å². The quantitative estimate of drug-likeness (QED) is 0.529. The number of hydrogen-bond donors (Lipinski definition) is 3. The van der Waals surface area contributed by atoms with E-state index in [1.165, 1.54) is 5.56 Å². The molecule has 0 unspecified atom stereocenters. The minimum atomic E-state index is 0.841. The van der Waals surface area contributed by atoms with Crippen LogP contribution in [0.1, 0.15) is 26.3 Å². The van der Waals surface area contributed by atoms with E-state index in [1.54, 1.807) is 6.20 Å². The predicted octanol–water partition coefficient (Wildman–Crippen LogP) is 2.84. The van der Waals surface area contributed by atoms with E-state index in [9.17, 15) is 0 Å². The third-order valence-electron chi connectivity index (χ3n) is 2.43. The van der Waals surface area contributed by atoms with E-state index in [-0.39, 0.29) is 0 Å². The van der Waals surface area contributed by atoms with Gasteiger partial charge in [0.15, 0.2) is 0 Å². The monoisotopic (exact) mass is 276 g/mol. The number of aromatic nitrogens is 1. The Labute approximate surface area is 123 Å². The van der Waals surface area contributed by atoms with Crippen molar-refractivity contribution in [2.45, 2.75) is 27.7 Å². The second-order valence-electron chi connectivity index (χ2n) is 4.16. The summed E-state index contributed by atoms with van der Waals surface area (Å²) in [5.74, 6) is 0.917. The number of allylic oxidation sites excluding steroid dienone is 2. The molecule has 0 saturated heterocycles. The summed E-state index contributed by atoms with van der Waals surface area (Å²) in [6.45, 7) is 10.6. The number of nitrogens with zero attached hydrogens (tertiary/aromatic N) is 1. The van der Waals surface area contributed by atoms with Crippen molar-refractivity contribution in [2.75, 3.05) is 25.0 Å². The molecule has 0 aliphatic heterocycles. The van der Waals surface area contributed by atoms with Crippen molar-refractivity contribution in [3.05, 3.63) is 47.8 Å². The van der Waals surface area contributed by atoms with E-state index < -0.39 is 0 Å². The lowest BCUT2D eigenvalue weighted by atomic mass is 10.3. The maximum Gasteiger partial charge on any atom is 0.125 e. The number of rotatable bonds is 7. The Bertz CT molecular complexity index is 393. The minimum Gasteiger partial charge on any atom is -0.404 e. The number of aryl methyl sites for hydroxylation is 1. The average Bonchev–Trinajstić information content (AvgIpc) is 2.50. The summed E-state index contributed by atoms with van der Waals surface area (Å²) in [6.07, 6.45) is 7.52. The first kappa shape index (κ1) is 18.2. The van der Waals surface area contributed by atoms with E-state index in [4.69, 9.17) is 5.73 Å². The van der Waals surface area contributed by atoms with Crippen molar-refractivity contribution in [3.63, 3.8) is 0 Å². The largest absolute Gasteiger partial charge is 0.404 e. The van der Waals surface area contributed by atoms with E-state index in [0.717, 1.165) is 31.0 Å². The van der Waals surface area contributed by atoms with Gasteiger partial charge in [0.25, 0.3) is 0 Å². The molecule has 0 saturated carbocycles. The molecule has 0 aliphatic carbocycles. The molecule has 0 amide bonds. The zero-order chi connectivity index (χ0) is 15.2. The van der Waals surface area contributed by atoms with Crippen molar-refractivity contribution >= 4 is 5.82 Å². The van der Waals surface area contributed by atoms with Crippen LogP contribution >= 0.6 is 0 Å². The third-order valence-corrected chi connectivity index (χ3v) is 2.43. The van der Waals surface area contributed by atoms with Gasteiger partial charge < -0.3 is 16.4 Å². The first-order valence-electron chi connectivity index (χ1n) is 7.14. The summed E-state index contributed by atoms with van der Waals surface area (Å²) >= 11 is 0. The molecule has 0 aromatic carbocycles. The highest BCUT2D eigenvalue weighted by atomic mass is 15.0. The van der Waals surface area contributed by atoms with Crippen LogP contribution in [0.15, 0.2) is 42.3 Å². The molecule has 0 atom stereocenters. The Morgan fingerprint density at radius 3 is 2.65 bits per heavy atom. The summed E-state index contributed by atoms with van der Waals surface area (Å²) in [5.41, 5.74) is 7.60. The van der Waals surface area contributed by atoms with E-state index in [0.29, 0.717) is 0 Å². The molecule has 1 heterocycles. The molecule has 1 rings (SSSR count). The number of hydrogen-bond acceptors (Lipinski definition) is 4. The van der Waals surface area contributed by atoms with Crippen LogP contribution < -0.4 is 16.4 Å². The summed E-state index contributed by atoms with van der Waals surface area (Å²) in [6, 6.07) is 4.04. The zero-order valence-corrected chi connectivity index (χ0v) is 13.1. The Morgan fingerprint density at radius 2 is 2.05 bits per heavy atom. The van der Waals surface area contributed by atoms with Crippen molar-refractivity contribution < 1.29 is 0 Å². The SMILES string of the molecule is CC.CC(/C=C\CNCCNc1ccc(C)cn1)=C/N. The minimum absolute atomic E-state index is 0.841. The van der Waals surface area contributed by atoms with Gasteiger partial charge in [0.1, 0.15) is 5.82 Å². The van der Waals surface area contributed by atoms with Gasteiger partial charge >= 0.3 is 0 Å². The van der Waals surface area contributed by atoms with E-state index in [2.05, 4.69) is 21.7 Å². The first-order valence-corrected chi connectivity index (χ1v) is 7.14. The number of pyridine rings is 1. The summed E-state index contributed by atoms with van der Waals surface area (Å²) in [5, 5.41) is 6.55. The van der Waals surface area contributed by atoms with Crippen LogP contribution in [0.5, 0.6) is 0 Å². The Balaban J connectivity index is 0.00000172. The van der Waals surface area contributed by atoms with Crippen molar-refractivity contribution in [2.24, 2.45) is 5.73 Å². The predicted molar refractivity (Wildman–Crippen MR) is 88.8 cm³/mol. The van der Waals surface area contributed by atoms with Crippen LogP contribution in [0.2, 0.25) is 0 Å². The fraction of sp³-hybridized carbons (Fsp3) is 0.438. The lowest BCUT2D eigenvalue weighted by Crippen LogP contribution is -2.22. The van der Waals surface area contributed by atoms with Gasteiger partial charge in [-0.15, -0.1) is 0 Å². The molecule has 20 heavy (non-hydrogen) atoms. The highest BCUT2D eigenvalue weighted by Crippen LogP contribution is 2.02. The summed E-state index contributed by atoms with van der Waals surface area (Å²) < 4.78 is 0. The molecule has 0 spiro atoms. The highest BCUT2D eigenvalue weighted by molar-refractivity contribution is 5.34. The van der Waals surface area contributed by atoms with E-state index >= 15 is 0 Å². The van der Waals surface area contributed by atoms with Gasteiger partial charge in [-0.25, -0.2) is 4.98 Å². The molecule has 1 aromatic rings. The molecular formula is C16H28N4. The second kappa shape index (κ2) is 12.2. The molecule has 1 aromatic heterocycles. The van der Waals surface area contributed by atoms with Crippen molar-refractivity contribution in [1.29, 1.82) is 0 Å². The number of anilines is 1. The van der Waals surface area contributed by atoms with Crippen LogP contribution in [0, 0.1) is 6.92 Å². The molecule has 0 fully saturated rings. The zero-order valence-electron chi connectivity index (χ0n) is 13.1. The maximum absolute atomic E-state index is 5.36. The van der Waals surface area contributed by atoms with Gasteiger partial charge in [-0.05, 0) is 37.3 Å². The fourth-order valence-corrected chi connectivity index (χ4v) is 1.34. The van der Waals surface area contributed by atoms with Crippen LogP contribution in [0.4, 0.5) is 5.82 Å². The van der Waals surface area contributed by atoms with Crippen molar-refractivity contribution in [3.8, 4) is 0 Å². The first-order chi connectivity index (χ1) is 9.72. The second-order valence-corrected chi connectivity index (χ2v) is 4.16. The molecular weight excluding hydrogens is 248 g/mol. The maximum atomic E-state index is 5.36. The van der Waals surface area contributed by atoms with Crippen LogP contribution in [-0.2, 0) is 0 Å². The number of nitrogens with one attached hydrogen (secondary N) is 2. The topological polar surface area (TPSA) is 63.0 Å². The standard InChI is InChI=1S/C14H22N4.C2H6/c1-12(10-15)4-3-7-16-8-9-17-14-6-5-13(2)11-18-14;1-2/h3-6,10-11,16H,7-9,15H2,1-2H3,(H,17,18);1-2H3/b4-3-,12-10-;. The van der Waals surface area contributed by atoms with Gasteiger partial charge in [-0.1, -0.05) is 32.1 Å². The summed E-state index contributed by atoms with van der Waals surface area (Å²) in [4.78, 5) is 4.27. The molecule has 4 heteroatoms. The molecule has 0 bridgehead atoms. The lowest BCUT2D eigenvalue weighted by molar-refractivity contribution is 0.768.